The molecule has 1 heterocycles. The summed E-state index contributed by atoms with van der Waals surface area (Å²) >= 11 is 0. The van der Waals surface area contributed by atoms with Gasteiger partial charge in [0.1, 0.15) is 5.82 Å². The van der Waals surface area contributed by atoms with E-state index in [9.17, 15) is 9.18 Å². The highest BCUT2D eigenvalue weighted by Crippen LogP contribution is 2.30. The van der Waals surface area contributed by atoms with Crippen LogP contribution in [0.4, 0.5) is 21.5 Å². The molecule has 4 nitrogen and oxygen atoms in total. The quantitative estimate of drug-likeness (QED) is 0.841. The lowest BCUT2D eigenvalue weighted by atomic mass is 9.98. The molecule has 126 valence electrons. The van der Waals surface area contributed by atoms with E-state index in [0.717, 1.165) is 24.7 Å². The third-order valence-corrected chi connectivity index (χ3v) is 4.52. The molecular formula is C19H22FN3O. The third kappa shape index (κ3) is 3.67. The molecule has 0 unspecified atom stereocenters. The molecule has 1 saturated heterocycles. The van der Waals surface area contributed by atoms with E-state index in [4.69, 9.17) is 5.73 Å². The van der Waals surface area contributed by atoms with Crippen LogP contribution in [0.1, 0.15) is 30.1 Å². The maximum Gasteiger partial charge on any atom is 0.255 e. The number of halogens is 1. The number of nitrogen functional groups attached to an aromatic ring is 1. The summed E-state index contributed by atoms with van der Waals surface area (Å²) in [6.07, 6.45) is 2.34. The zero-order valence-corrected chi connectivity index (χ0v) is 13.8. The summed E-state index contributed by atoms with van der Waals surface area (Å²) in [5.41, 5.74) is 8.89. The number of benzene rings is 2. The molecule has 0 spiro atoms. The zero-order valence-electron chi connectivity index (χ0n) is 13.8. The van der Waals surface area contributed by atoms with Crippen LogP contribution in [0.3, 0.4) is 0 Å². The molecule has 1 aliphatic heterocycles. The minimum absolute atomic E-state index is 0.283. The topological polar surface area (TPSA) is 58.4 Å². The van der Waals surface area contributed by atoms with Crippen molar-refractivity contribution in [3.05, 3.63) is 53.8 Å². The summed E-state index contributed by atoms with van der Waals surface area (Å²) in [5, 5.41) is 2.80. The van der Waals surface area contributed by atoms with Gasteiger partial charge in [-0.15, -0.1) is 0 Å². The Kier molecular flexibility index (Phi) is 4.69. The number of amides is 1. The number of nitrogens with zero attached hydrogens (tertiary/aromatic N) is 1. The molecule has 0 bridgehead atoms. The molecule has 2 aromatic rings. The Morgan fingerprint density at radius 1 is 1.17 bits per heavy atom. The van der Waals surface area contributed by atoms with E-state index in [0.29, 0.717) is 16.9 Å². The second kappa shape index (κ2) is 6.91. The number of rotatable bonds is 3. The highest BCUT2D eigenvalue weighted by atomic mass is 19.1. The van der Waals surface area contributed by atoms with E-state index in [1.54, 1.807) is 6.07 Å². The molecule has 2 aromatic carbocycles. The summed E-state index contributed by atoms with van der Waals surface area (Å²) in [6.45, 7) is 4.29. The fourth-order valence-electron chi connectivity index (χ4n) is 2.97. The van der Waals surface area contributed by atoms with E-state index in [2.05, 4.69) is 17.1 Å². The monoisotopic (exact) mass is 327 g/mol. The molecule has 1 aliphatic rings. The molecule has 3 N–H and O–H groups in total. The van der Waals surface area contributed by atoms with E-state index < -0.39 is 0 Å². The first-order valence-electron chi connectivity index (χ1n) is 8.24. The van der Waals surface area contributed by atoms with Gasteiger partial charge < -0.3 is 16.0 Å². The Morgan fingerprint density at radius 3 is 2.46 bits per heavy atom. The van der Waals surface area contributed by atoms with Crippen LogP contribution in [-0.4, -0.2) is 19.0 Å². The summed E-state index contributed by atoms with van der Waals surface area (Å²) < 4.78 is 12.9. The fourth-order valence-corrected chi connectivity index (χ4v) is 2.97. The lowest BCUT2D eigenvalue weighted by Gasteiger charge is -2.33. The van der Waals surface area contributed by atoms with Crippen molar-refractivity contribution in [2.24, 2.45) is 5.92 Å². The van der Waals surface area contributed by atoms with E-state index in [1.807, 2.05) is 12.1 Å². The van der Waals surface area contributed by atoms with Crippen LogP contribution in [0.15, 0.2) is 42.5 Å². The van der Waals surface area contributed by atoms with Crippen LogP contribution >= 0.6 is 0 Å². The Hall–Kier alpha value is -2.56. The summed E-state index contributed by atoms with van der Waals surface area (Å²) in [4.78, 5) is 14.5. The molecule has 0 radical (unpaired) electrons. The predicted molar refractivity (Wildman–Crippen MR) is 95.8 cm³/mol. The molecule has 0 aromatic heterocycles. The Bertz CT molecular complexity index is 722. The van der Waals surface area contributed by atoms with Crippen LogP contribution in [0.25, 0.3) is 0 Å². The fraction of sp³-hybridized carbons (Fsp3) is 0.316. The van der Waals surface area contributed by atoms with Crippen molar-refractivity contribution in [2.45, 2.75) is 19.8 Å². The third-order valence-electron chi connectivity index (χ3n) is 4.52. The molecule has 1 amide bonds. The van der Waals surface area contributed by atoms with E-state index in [-0.39, 0.29) is 11.7 Å². The molecule has 24 heavy (non-hydrogen) atoms. The van der Waals surface area contributed by atoms with Gasteiger partial charge in [0.2, 0.25) is 0 Å². The Balaban J connectivity index is 1.70. The standard InChI is InChI=1S/C19H22FN3O/c1-13-8-10-23(11-9-13)18-7-6-16(12-17(18)21)22-19(24)14-2-4-15(20)5-3-14/h2-7,12-13H,8-11,21H2,1H3,(H,22,24). The van der Waals surface area contributed by atoms with Crippen molar-refractivity contribution >= 4 is 23.0 Å². The second-order valence-corrected chi connectivity index (χ2v) is 6.40. The largest absolute Gasteiger partial charge is 0.397 e. The predicted octanol–water partition coefficient (Wildman–Crippen LogP) is 3.90. The smallest absolute Gasteiger partial charge is 0.255 e. The number of anilines is 3. The Morgan fingerprint density at radius 2 is 1.83 bits per heavy atom. The SMILES string of the molecule is CC1CCN(c2ccc(NC(=O)c3ccc(F)cc3)cc2N)CC1. The van der Waals surface area contributed by atoms with Crippen LogP contribution in [0, 0.1) is 11.7 Å². The van der Waals surface area contributed by atoms with Gasteiger partial charge in [0.25, 0.3) is 5.91 Å². The number of hydrogen-bond donors (Lipinski definition) is 2. The van der Waals surface area contributed by atoms with Gasteiger partial charge in [-0.1, -0.05) is 6.92 Å². The molecular weight excluding hydrogens is 305 g/mol. The minimum atomic E-state index is -0.365. The van der Waals surface area contributed by atoms with Crippen molar-refractivity contribution < 1.29 is 9.18 Å². The zero-order chi connectivity index (χ0) is 17.1. The van der Waals surface area contributed by atoms with Gasteiger partial charge in [0, 0.05) is 24.3 Å². The maximum absolute atomic E-state index is 12.9. The van der Waals surface area contributed by atoms with E-state index in [1.165, 1.54) is 37.1 Å². The highest BCUT2D eigenvalue weighted by molar-refractivity contribution is 6.04. The minimum Gasteiger partial charge on any atom is -0.397 e. The molecule has 1 fully saturated rings. The summed E-state index contributed by atoms with van der Waals surface area (Å²) in [6, 6.07) is 11.0. The van der Waals surface area contributed by atoms with Crippen LogP contribution in [-0.2, 0) is 0 Å². The first-order valence-corrected chi connectivity index (χ1v) is 8.24. The summed E-state index contributed by atoms with van der Waals surface area (Å²) in [5.74, 6) is 0.113. The number of piperidine rings is 1. The first-order chi connectivity index (χ1) is 11.5. The Labute approximate surface area is 141 Å². The van der Waals surface area contributed by atoms with Gasteiger partial charge in [-0.25, -0.2) is 4.39 Å². The average Bonchev–Trinajstić information content (AvgIpc) is 2.57. The number of nitrogens with one attached hydrogen (secondary N) is 1. The van der Waals surface area contributed by atoms with Crippen LogP contribution < -0.4 is 16.0 Å². The van der Waals surface area contributed by atoms with Crippen molar-refractivity contribution in [1.82, 2.24) is 0 Å². The lowest BCUT2D eigenvalue weighted by molar-refractivity contribution is 0.102. The van der Waals surface area contributed by atoms with Gasteiger partial charge in [0.05, 0.1) is 11.4 Å². The molecule has 0 atom stereocenters. The summed E-state index contributed by atoms with van der Waals surface area (Å²) in [7, 11) is 0. The number of carbonyl (C=O) groups is 1. The maximum atomic E-state index is 12.9. The van der Waals surface area contributed by atoms with Gasteiger partial charge in [-0.2, -0.15) is 0 Å². The number of hydrogen-bond acceptors (Lipinski definition) is 3. The lowest BCUT2D eigenvalue weighted by Crippen LogP contribution is -2.33. The average molecular weight is 327 g/mol. The van der Waals surface area contributed by atoms with Gasteiger partial charge in [-0.3, -0.25) is 4.79 Å². The molecule has 3 rings (SSSR count). The van der Waals surface area contributed by atoms with Gasteiger partial charge >= 0.3 is 0 Å². The highest BCUT2D eigenvalue weighted by Gasteiger charge is 2.18. The van der Waals surface area contributed by atoms with Crippen molar-refractivity contribution in [1.29, 1.82) is 0 Å². The van der Waals surface area contributed by atoms with Crippen LogP contribution in [0.2, 0.25) is 0 Å². The molecule has 0 saturated carbocycles. The molecule has 5 heteroatoms. The van der Waals surface area contributed by atoms with Crippen molar-refractivity contribution in [3.8, 4) is 0 Å². The van der Waals surface area contributed by atoms with Crippen molar-refractivity contribution in [2.75, 3.05) is 29.0 Å². The second-order valence-electron chi connectivity index (χ2n) is 6.40. The van der Waals surface area contributed by atoms with Crippen molar-refractivity contribution in [3.63, 3.8) is 0 Å². The molecule has 0 aliphatic carbocycles. The number of carbonyl (C=O) groups excluding carboxylic acids is 1. The normalized spacial score (nSPS) is 15.3. The van der Waals surface area contributed by atoms with Gasteiger partial charge in [0.15, 0.2) is 0 Å². The van der Waals surface area contributed by atoms with Crippen LogP contribution in [0.5, 0.6) is 0 Å². The number of nitrogens with two attached hydrogens (primary N) is 1. The van der Waals surface area contributed by atoms with E-state index >= 15 is 0 Å². The first kappa shape index (κ1) is 16.3. The van der Waals surface area contributed by atoms with Gasteiger partial charge in [-0.05, 0) is 61.2 Å².